The molecule has 2 unspecified atom stereocenters. The molecule has 6 nitrogen and oxygen atoms in total. The van der Waals surface area contributed by atoms with Crippen LogP contribution in [-0.2, 0) is 19.4 Å². The van der Waals surface area contributed by atoms with Crippen molar-refractivity contribution >= 4 is 15.7 Å². The van der Waals surface area contributed by atoms with Crippen LogP contribution in [0.1, 0.15) is 20.3 Å². The van der Waals surface area contributed by atoms with E-state index in [2.05, 4.69) is 5.32 Å². The van der Waals surface area contributed by atoms with Gasteiger partial charge in [0.1, 0.15) is 9.84 Å². The van der Waals surface area contributed by atoms with E-state index in [-0.39, 0.29) is 30.7 Å². The summed E-state index contributed by atoms with van der Waals surface area (Å²) in [5.41, 5.74) is 5.44. The molecule has 102 valence electrons. The van der Waals surface area contributed by atoms with Crippen LogP contribution >= 0.6 is 0 Å². The molecule has 0 heterocycles. The highest BCUT2D eigenvalue weighted by atomic mass is 32.2. The zero-order valence-corrected chi connectivity index (χ0v) is 11.4. The lowest BCUT2D eigenvalue weighted by Crippen LogP contribution is -2.40. The van der Waals surface area contributed by atoms with Crippen LogP contribution in [0.25, 0.3) is 0 Å². The van der Waals surface area contributed by atoms with Gasteiger partial charge in [0.25, 0.3) is 0 Å². The molecule has 7 heteroatoms. The van der Waals surface area contributed by atoms with Crippen molar-refractivity contribution in [2.45, 2.75) is 32.4 Å². The van der Waals surface area contributed by atoms with Crippen LogP contribution in [-0.4, -0.2) is 51.6 Å². The number of nitrogens with two attached hydrogens (primary N) is 1. The van der Waals surface area contributed by atoms with Crippen molar-refractivity contribution in [3.63, 3.8) is 0 Å². The topological polar surface area (TPSA) is 98.5 Å². The molecule has 17 heavy (non-hydrogen) atoms. The molecular formula is C10H22N2O4S. The first-order chi connectivity index (χ1) is 7.78. The molecule has 0 fully saturated rings. The Morgan fingerprint density at radius 3 is 2.47 bits per heavy atom. The molecule has 0 saturated carbocycles. The zero-order valence-electron chi connectivity index (χ0n) is 10.6. The average Bonchev–Trinajstić information content (AvgIpc) is 2.13. The van der Waals surface area contributed by atoms with Gasteiger partial charge in [-0.25, -0.2) is 8.42 Å². The van der Waals surface area contributed by atoms with Crippen LogP contribution in [0.3, 0.4) is 0 Å². The summed E-state index contributed by atoms with van der Waals surface area (Å²) in [6.45, 7) is 4.24. The monoisotopic (exact) mass is 266 g/mol. The second kappa shape index (κ2) is 7.62. The number of carbonyl (C=O) groups excluding carboxylic acids is 1. The Morgan fingerprint density at radius 1 is 1.47 bits per heavy atom. The number of carbonyl (C=O) groups is 1. The fraction of sp³-hybridized carbons (Fsp3) is 0.900. The molecule has 0 aromatic heterocycles. The number of nitrogens with one attached hydrogen (secondary N) is 1. The predicted octanol–water partition coefficient (Wildman–Crippen LogP) is -0.710. The molecule has 0 aliphatic heterocycles. The van der Waals surface area contributed by atoms with Gasteiger partial charge in [-0.2, -0.15) is 0 Å². The van der Waals surface area contributed by atoms with Crippen LogP contribution in [0.2, 0.25) is 0 Å². The highest BCUT2D eigenvalue weighted by Gasteiger charge is 2.16. The molecule has 2 atom stereocenters. The molecule has 0 aromatic carbocycles. The van der Waals surface area contributed by atoms with E-state index < -0.39 is 15.9 Å². The molecule has 0 rings (SSSR count). The molecule has 0 radical (unpaired) electrons. The Bertz CT molecular complexity index is 329. The van der Waals surface area contributed by atoms with Gasteiger partial charge >= 0.3 is 0 Å². The van der Waals surface area contributed by atoms with Gasteiger partial charge in [-0.05, 0) is 13.8 Å². The number of rotatable bonds is 8. The zero-order chi connectivity index (χ0) is 13.5. The molecule has 0 spiro atoms. The quantitative estimate of drug-likeness (QED) is 0.604. The van der Waals surface area contributed by atoms with Crippen molar-refractivity contribution in [3.8, 4) is 0 Å². The Kier molecular flexibility index (Phi) is 7.33. The highest BCUT2D eigenvalue weighted by Crippen LogP contribution is 1.98. The normalized spacial score (nSPS) is 15.3. The minimum absolute atomic E-state index is 0.0688. The average molecular weight is 266 g/mol. The molecule has 0 saturated heterocycles. The molecule has 0 aliphatic rings. The maximum Gasteiger partial charge on any atom is 0.222 e. The summed E-state index contributed by atoms with van der Waals surface area (Å²) in [6.07, 6.45) is 0.974. The van der Waals surface area contributed by atoms with E-state index in [1.807, 2.05) is 6.92 Å². The number of amides is 1. The molecule has 3 N–H and O–H groups in total. The summed E-state index contributed by atoms with van der Waals surface area (Å²) in [6, 6.07) is -0.405. The van der Waals surface area contributed by atoms with Crippen molar-refractivity contribution < 1.29 is 17.9 Å². The Labute approximate surface area is 103 Å². The van der Waals surface area contributed by atoms with Crippen LogP contribution in [0.15, 0.2) is 0 Å². The van der Waals surface area contributed by atoms with Crippen LogP contribution < -0.4 is 11.1 Å². The number of hydrogen-bond donors (Lipinski definition) is 2. The summed E-state index contributed by atoms with van der Waals surface area (Å²) in [5.74, 6) is -0.314. The lowest BCUT2D eigenvalue weighted by atomic mass is 10.2. The molecule has 1 amide bonds. The first-order valence-electron chi connectivity index (χ1n) is 5.57. The van der Waals surface area contributed by atoms with E-state index in [1.54, 1.807) is 6.92 Å². The van der Waals surface area contributed by atoms with E-state index in [0.29, 0.717) is 6.61 Å². The van der Waals surface area contributed by atoms with Crippen molar-refractivity contribution in [3.05, 3.63) is 0 Å². The van der Waals surface area contributed by atoms with Gasteiger partial charge in [0.2, 0.25) is 5.91 Å². The summed E-state index contributed by atoms with van der Waals surface area (Å²) in [4.78, 5) is 11.5. The van der Waals surface area contributed by atoms with Crippen LogP contribution in [0.5, 0.6) is 0 Å². The van der Waals surface area contributed by atoms with Gasteiger partial charge in [0.05, 0.1) is 18.3 Å². The fourth-order valence-corrected chi connectivity index (χ4v) is 2.47. The summed E-state index contributed by atoms with van der Waals surface area (Å²) < 4.78 is 27.3. The highest BCUT2D eigenvalue weighted by molar-refractivity contribution is 7.90. The van der Waals surface area contributed by atoms with E-state index in [4.69, 9.17) is 10.5 Å². The fourth-order valence-electron chi connectivity index (χ4n) is 1.48. The second-order valence-electron chi connectivity index (χ2n) is 4.08. The van der Waals surface area contributed by atoms with E-state index in [9.17, 15) is 13.2 Å². The van der Waals surface area contributed by atoms with Crippen molar-refractivity contribution in [2.24, 2.45) is 5.73 Å². The number of hydrogen-bond acceptors (Lipinski definition) is 5. The minimum atomic E-state index is -3.08. The van der Waals surface area contributed by atoms with Gasteiger partial charge in [-0.1, -0.05) is 0 Å². The van der Waals surface area contributed by atoms with Gasteiger partial charge < -0.3 is 15.8 Å². The standard InChI is InChI=1S/C10H22N2O4S/c1-4-16-9(6-11)5-10(13)12-8(2)7-17(3,14)15/h8-9H,4-7,11H2,1-3H3,(H,12,13). The van der Waals surface area contributed by atoms with Crippen molar-refractivity contribution in [1.82, 2.24) is 5.32 Å². The van der Waals surface area contributed by atoms with Gasteiger partial charge in [-0.3, -0.25) is 4.79 Å². The lowest BCUT2D eigenvalue weighted by Gasteiger charge is -2.17. The molecule has 0 aromatic rings. The second-order valence-corrected chi connectivity index (χ2v) is 6.26. The minimum Gasteiger partial charge on any atom is -0.377 e. The Hall–Kier alpha value is -0.660. The summed E-state index contributed by atoms with van der Waals surface area (Å²) in [7, 11) is -3.08. The molecule has 0 bridgehead atoms. The van der Waals surface area contributed by atoms with Gasteiger partial charge in [-0.15, -0.1) is 0 Å². The SMILES string of the molecule is CCOC(CN)CC(=O)NC(C)CS(C)(=O)=O. The molecular weight excluding hydrogens is 244 g/mol. The smallest absolute Gasteiger partial charge is 0.222 e. The predicted molar refractivity (Wildman–Crippen MR) is 66.4 cm³/mol. The van der Waals surface area contributed by atoms with E-state index >= 15 is 0 Å². The van der Waals surface area contributed by atoms with Crippen LogP contribution in [0, 0.1) is 0 Å². The first-order valence-corrected chi connectivity index (χ1v) is 7.63. The van der Waals surface area contributed by atoms with E-state index in [0.717, 1.165) is 6.26 Å². The summed E-state index contributed by atoms with van der Waals surface area (Å²) in [5, 5.41) is 2.61. The third kappa shape index (κ3) is 9.08. The number of sulfone groups is 1. The molecule has 0 aliphatic carbocycles. The number of ether oxygens (including phenoxy) is 1. The first kappa shape index (κ1) is 16.3. The van der Waals surface area contributed by atoms with Gasteiger partial charge in [0, 0.05) is 25.4 Å². The summed E-state index contributed by atoms with van der Waals surface area (Å²) >= 11 is 0. The third-order valence-corrected chi connectivity index (χ3v) is 3.14. The third-order valence-electron chi connectivity index (χ3n) is 2.04. The Balaban J connectivity index is 4.08. The van der Waals surface area contributed by atoms with Crippen LogP contribution in [0.4, 0.5) is 0 Å². The maximum absolute atomic E-state index is 11.5. The van der Waals surface area contributed by atoms with Crippen molar-refractivity contribution in [2.75, 3.05) is 25.2 Å². The Morgan fingerprint density at radius 2 is 2.06 bits per heavy atom. The maximum atomic E-state index is 11.5. The van der Waals surface area contributed by atoms with Gasteiger partial charge in [0.15, 0.2) is 0 Å². The largest absolute Gasteiger partial charge is 0.377 e. The van der Waals surface area contributed by atoms with E-state index in [1.165, 1.54) is 0 Å². The lowest BCUT2D eigenvalue weighted by molar-refractivity contribution is -0.124. The van der Waals surface area contributed by atoms with Crippen molar-refractivity contribution in [1.29, 1.82) is 0 Å².